The average molecular weight is 298 g/mol. The van der Waals surface area contributed by atoms with Crippen molar-refractivity contribution in [3.05, 3.63) is 0 Å². The minimum atomic E-state index is -0.805. The summed E-state index contributed by atoms with van der Waals surface area (Å²) in [6.45, 7) is 6.69. The van der Waals surface area contributed by atoms with Gasteiger partial charge < -0.3 is 14.9 Å². The minimum Gasteiger partial charge on any atom is -0.481 e. The number of carboxylic acids is 1. The molecule has 5 heteroatoms. The highest BCUT2D eigenvalue weighted by molar-refractivity contribution is 5.75. The standard InChI is InChI=1S/C16H30N2O3/c1-12(2)18(11-7-10-15(19)20)16(21)17(4)14-9-6-5-8-13(14)3/h12-14H,5-11H2,1-4H3,(H,19,20). The van der Waals surface area contributed by atoms with Crippen LogP contribution < -0.4 is 0 Å². The van der Waals surface area contributed by atoms with E-state index in [0.717, 1.165) is 6.42 Å². The number of urea groups is 1. The number of carbonyl (C=O) groups excluding carboxylic acids is 1. The van der Waals surface area contributed by atoms with Crippen molar-refractivity contribution in [1.29, 1.82) is 0 Å². The number of carboxylic acid groups (broad SMARTS) is 1. The van der Waals surface area contributed by atoms with Crippen LogP contribution in [0.3, 0.4) is 0 Å². The molecule has 1 aliphatic rings. The van der Waals surface area contributed by atoms with Gasteiger partial charge in [-0.15, -0.1) is 0 Å². The third kappa shape index (κ3) is 5.21. The van der Waals surface area contributed by atoms with Crippen LogP contribution in [0.15, 0.2) is 0 Å². The molecule has 0 bridgehead atoms. The zero-order valence-electron chi connectivity index (χ0n) is 13.8. The van der Waals surface area contributed by atoms with Crippen LogP contribution in [0, 0.1) is 5.92 Å². The number of carbonyl (C=O) groups is 2. The predicted octanol–water partition coefficient (Wildman–Crippen LogP) is 3.19. The third-order valence-electron chi connectivity index (χ3n) is 4.52. The molecule has 1 aliphatic carbocycles. The highest BCUT2D eigenvalue weighted by atomic mass is 16.4. The fraction of sp³-hybridized carbons (Fsp3) is 0.875. The first kappa shape index (κ1) is 17.8. The summed E-state index contributed by atoms with van der Waals surface area (Å²) in [6, 6.07) is 0.439. The Balaban J connectivity index is 2.63. The molecular weight excluding hydrogens is 268 g/mol. The summed E-state index contributed by atoms with van der Waals surface area (Å²) in [4.78, 5) is 27.0. The first-order valence-electron chi connectivity index (χ1n) is 8.09. The Morgan fingerprint density at radius 1 is 1.24 bits per heavy atom. The summed E-state index contributed by atoms with van der Waals surface area (Å²) >= 11 is 0. The summed E-state index contributed by atoms with van der Waals surface area (Å²) in [6.07, 6.45) is 5.32. The Morgan fingerprint density at radius 3 is 2.38 bits per heavy atom. The van der Waals surface area contributed by atoms with Crippen LogP contribution in [-0.2, 0) is 4.79 Å². The number of hydrogen-bond acceptors (Lipinski definition) is 2. The van der Waals surface area contributed by atoms with Gasteiger partial charge >= 0.3 is 12.0 Å². The lowest BCUT2D eigenvalue weighted by atomic mass is 9.85. The van der Waals surface area contributed by atoms with Gasteiger partial charge in [0.15, 0.2) is 0 Å². The minimum absolute atomic E-state index is 0.0362. The topological polar surface area (TPSA) is 60.9 Å². The van der Waals surface area contributed by atoms with E-state index in [-0.39, 0.29) is 18.5 Å². The summed E-state index contributed by atoms with van der Waals surface area (Å²) in [7, 11) is 1.89. The molecule has 2 unspecified atom stereocenters. The molecule has 1 rings (SSSR count). The highest BCUT2D eigenvalue weighted by Gasteiger charge is 2.30. The Labute approximate surface area is 128 Å². The first-order valence-corrected chi connectivity index (χ1v) is 8.09. The van der Waals surface area contributed by atoms with E-state index in [2.05, 4.69) is 6.92 Å². The van der Waals surface area contributed by atoms with Gasteiger partial charge in [0.2, 0.25) is 0 Å². The Bertz CT molecular complexity index is 357. The smallest absolute Gasteiger partial charge is 0.320 e. The van der Waals surface area contributed by atoms with Crippen LogP contribution >= 0.6 is 0 Å². The second kappa shape index (κ2) is 8.25. The van der Waals surface area contributed by atoms with E-state index in [1.54, 1.807) is 4.90 Å². The van der Waals surface area contributed by atoms with Crippen molar-refractivity contribution in [2.24, 2.45) is 5.92 Å². The van der Waals surface area contributed by atoms with Crippen molar-refractivity contribution in [2.75, 3.05) is 13.6 Å². The van der Waals surface area contributed by atoms with Gasteiger partial charge in [0, 0.05) is 32.1 Å². The monoisotopic (exact) mass is 298 g/mol. The molecule has 0 saturated heterocycles. The van der Waals surface area contributed by atoms with Gasteiger partial charge in [0.05, 0.1) is 0 Å². The number of hydrogen-bond donors (Lipinski definition) is 1. The lowest BCUT2D eigenvalue weighted by Crippen LogP contribution is -2.51. The third-order valence-corrected chi connectivity index (χ3v) is 4.52. The Morgan fingerprint density at radius 2 is 1.86 bits per heavy atom. The van der Waals surface area contributed by atoms with Gasteiger partial charge in [-0.25, -0.2) is 4.79 Å². The lowest BCUT2D eigenvalue weighted by Gasteiger charge is -2.40. The van der Waals surface area contributed by atoms with Crippen molar-refractivity contribution in [3.63, 3.8) is 0 Å². The van der Waals surface area contributed by atoms with Crippen molar-refractivity contribution in [1.82, 2.24) is 9.80 Å². The second-order valence-electron chi connectivity index (χ2n) is 6.51. The molecule has 5 nitrogen and oxygen atoms in total. The van der Waals surface area contributed by atoms with Gasteiger partial charge in [0.1, 0.15) is 0 Å². The zero-order valence-corrected chi connectivity index (χ0v) is 13.8. The van der Waals surface area contributed by atoms with E-state index in [0.29, 0.717) is 24.9 Å². The average Bonchev–Trinajstić information content (AvgIpc) is 2.42. The molecule has 1 N–H and O–H groups in total. The number of amides is 2. The lowest BCUT2D eigenvalue weighted by molar-refractivity contribution is -0.137. The summed E-state index contributed by atoms with van der Waals surface area (Å²) < 4.78 is 0. The van der Waals surface area contributed by atoms with E-state index >= 15 is 0 Å². The summed E-state index contributed by atoms with van der Waals surface area (Å²) in [5, 5.41) is 8.74. The van der Waals surface area contributed by atoms with Crippen LogP contribution in [0.4, 0.5) is 4.79 Å². The maximum absolute atomic E-state index is 12.7. The largest absolute Gasteiger partial charge is 0.481 e. The Kier molecular flexibility index (Phi) is 6.99. The fourth-order valence-corrected chi connectivity index (χ4v) is 3.19. The SMILES string of the molecule is CC1CCCCC1N(C)C(=O)N(CCCC(=O)O)C(C)C. The van der Waals surface area contributed by atoms with E-state index < -0.39 is 5.97 Å². The van der Waals surface area contributed by atoms with Crippen LogP contribution in [-0.4, -0.2) is 52.6 Å². The molecule has 21 heavy (non-hydrogen) atoms. The molecule has 1 saturated carbocycles. The number of aliphatic carboxylic acids is 1. The molecule has 0 aromatic heterocycles. The first-order chi connectivity index (χ1) is 9.84. The summed E-state index contributed by atoms with van der Waals surface area (Å²) in [5.41, 5.74) is 0. The van der Waals surface area contributed by atoms with Crippen molar-refractivity contribution < 1.29 is 14.7 Å². The maximum Gasteiger partial charge on any atom is 0.320 e. The Hall–Kier alpha value is -1.26. The van der Waals surface area contributed by atoms with Gasteiger partial charge in [-0.2, -0.15) is 0 Å². The fourth-order valence-electron chi connectivity index (χ4n) is 3.19. The molecule has 1 fully saturated rings. The predicted molar refractivity (Wildman–Crippen MR) is 83.3 cm³/mol. The van der Waals surface area contributed by atoms with Gasteiger partial charge in [0.25, 0.3) is 0 Å². The van der Waals surface area contributed by atoms with Crippen LogP contribution in [0.2, 0.25) is 0 Å². The maximum atomic E-state index is 12.7. The van der Waals surface area contributed by atoms with Gasteiger partial charge in [-0.3, -0.25) is 4.79 Å². The van der Waals surface area contributed by atoms with Crippen LogP contribution in [0.25, 0.3) is 0 Å². The quantitative estimate of drug-likeness (QED) is 0.819. The summed E-state index contributed by atoms with van der Waals surface area (Å²) in [5.74, 6) is -0.263. The zero-order chi connectivity index (χ0) is 16.0. The normalized spacial score (nSPS) is 22.1. The highest BCUT2D eigenvalue weighted by Crippen LogP contribution is 2.28. The molecule has 0 aromatic rings. The van der Waals surface area contributed by atoms with E-state index in [1.807, 2.05) is 25.8 Å². The molecule has 122 valence electrons. The van der Waals surface area contributed by atoms with Crippen molar-refractivity contribution in [2.45, 2.75) is 71.4 Å². The second-order valence-corrected chi connectivity index (χ2v) is 6.51. The molecule has 2 atom stereocenters. The number of nitrogens with zero attached hydrogens (tertiary/aromatic N) is 2. The molecule has 0 heterocycles. The van der Waals surface area contributed by atoms with Gasteiger partial charge in [-0.05, 0) is 39.0 Å². The molecular formula is C16H30N2O3. The molecule has 0 aromatic carbocycles. The molecule has 2 amide bonds. The van der Waals surface area contributed by atoms with Crippen molar-refractivity contribution >= 4 is 12.0 Å². The number of rotatable bonds is 6. The van der Waals surface area contributed by atoms with E-state index in [9.17, 15) is 9.59 Å². The molecule has 0 aliphatic heterocycles. The van der Waals surface area contributed by atoms with Crippen molar-refractivity contribution in [3.8, 4) is 0 Å². The van der Waals surface area contributed by atoms with Gasteiger partial charge in [-0.1, -0.05) is 19.8 Å². The van der Waals surface area contributed by atoms with E-state index in [4.69, 9.17) is 5.11 Å². The van der Waals surface area contributed by atoms with Crippen LogP contribution in [0.5, 0.6) is 0 Å². The molecule has 0 spiro atoms. The molecule has 0 radical (unpaired) electrons. The van der Waals surface area contributed by atoms with Crippen LogP contribution in [0.1, 0.15) is 59.3 Å². The van der Waals surface area contributed by atoms with E-state index in [1.165, 1.54) is 19.3 Å².